The van der Waals surface area contributed by atoms with Gasteiger partial charge in [-0.2, -0.15) is 0 Å². The molecule has 0 aliphatic rings. The van der Waals surface area contributed by atoms with E-state index in [-0.39, 0.29) is 30.0 Å². The molecule has 1 N–H and O–H groups in total. The Morgan fingerprint density at radius 3 is 2.52 bits per heavy atom. The van der Waals surface area contributed by atoms with Crippen molar-refractivity contribution in [2.75, 3.05) is 48.4 Å². The highest BCUT2D eigenvalue weighted by atomic mass is 127. The summed E-state index contributed by atoms with van der Waals surface area (Å²) in [4.78, 5) is 10.2. The standard InChI is InChI=1S/C20H30N4OS.HI/c1-21-20(24(4)13-12-16-9-8-14-26-16)22-15-18(23(2)3)17-10-6-7-11-19(17)25-5;/h6-11,14,18H,12-13,15H2,1-5H3,(H,21,22);1H. The Morgan fingerprint density at radius 1 is 1.19 bits per heavy atom. The van der Waals surface area contributed by atoms with E-state index in [1.165, 1.54) is 10.4 Å². The predicted molar refractivity (Wildman–Crippen MR) is 127 cm³/mol. The van der Waals surface area contributed by atoms with Gasteiger partial charge in [-0.25, -0.2) is 0 Å². The number of ether oxygens (including phenoxy) is 1. The van der Waals surface area contributed by atoms with Crippen molar-refractivity contribution in [3.63, 3.8) is 0 Å². The molecular weight excluding hydrogens is 471 g/mol. The zero-order chi connectivity index (χ0) is 18.9. The van der Waals surface area contributed by atoms with Gasteiger partial charge in [-0.1, -0.05) is 24.3 Å². The number of halogens is 1. The normalized spacial score (nSPS) is 12.4. The number of hydrogen-bond donors (Lipinski definition) is 1. The van der Waals surface area contributed by atoms with E-state index in [1.807, 2.05) is 19.2 Å². The van der Waals surface area contributed by atoms with Crippen LogP contribution < -0.4 is 10.1 Å². The minimum Gasteiger partial charge on any atom is -0.496 e. The molecule has 0 bridgehead atoms. The molecule has 5 nitrogen and oxygen atoms in total. The number of likely N-dealkylation sites (N-methyl/N-ethyl adjacent to an activating group) is 2. The van der Waals surface area contributed by atoms with Gasteiger partial charge in [0.1, 0.15) is 5.75 Å². The van der Waals surface area contributed by atoms with Crippen LogP contribution in [0.1, 0.15) is 16.5 Å². The van der Waals surface area contributed by atoms with E-state index in [2.05, 4.69) is 70.9 Å². The number of benzene rings is 1. The third-order valence-electron chi connectivity index (χ3n) is 4.42. The minimum absolute atomic E-state index is 0. The Labute approximate surface area is 184 Å². The summed E-state index contributed by atoms with van der Waals surface area (Å²) in [6, 6.07) is 12.6. The van der Waals surface area contributed by atoms with Crippen molar-refractivity contribution in [3.05, 3.63) is 52.2 Å². The molecule has 1 atom stereocenters. The molecule has 0 radical (unpaired) electrons. The zero-order valence-electron chi connectivity index (χ0n) is 16.8. The zero-order valence-corrected chi connectivity index (χ0v) is 20.0. The van der Waals surface area contributed by atoms with Crippen LogP contribution in [0.4, 0.5) is 0 Å². The van der Waals surface area contributed by atoms with Crippen molar-refractivity contribution < 1.29 is 4.74 Å². The fourth-order valence-corrected chi connectivity index (χ4v) is 3.62. The number of para-hydroxylation sites is 1. The maximum absolute atomic E-state index is 5.54. The second-order valence-corrected chi connectivity index (χ2v) is 7.43. The molecule has 27 heavy (non-hydrogen) atoms. The van der Waals surface area contributed by atoms with E-state index in [4.69, 9.17) is 4.74 Å². The van der Waals surface area contributed by atoms with Crippen LogP contribution in [0.25, 0.3) is 0 Å². The van der Waals surface area contributed by atoms with Gasteiger partial charge >= 0.3 is 0 Å². The van der Waals surface area contributed by atoms with Crippen LogP contribution in [0.5, 0.6) is 5.75 Å². The molecule has 1 aromatic carbocycles. The minimum atomic E-state index is 0. The summed E-state index contributed by atoms with van der Waals surface area (Å²) in [5, 5.41) is 5.63. The fourth-order valence-electron chi connectivity index (χ4n) is 2.92. The van der Waals surface area contributed by atoms with E-state index in [1.54, 1.807) is 18.4 Å². The van der Waals surface area contributed by atoms with Crippen molar-refractivity contribution in [2.45, 2.75) is 12.5 Å². The van der Waals surface area contributed by atoms with Crippen molar-refractivity contribution in [2.24, 2.45) is 4.99 Å². The van der Waals surface area contributed by atoms with Crippen LogP contribution in [0, 0.1) is 0 Å². The fraction of sp³-hybridized carbons (Fsp3) is 0.450. The lowest BCUT2D eigenvalue weighted by Crippen LogP contribution is -2.43. The average Bonchev–Trinajstić information content (AvgIpc) is 3.16. The number of nitrogens with zero attached hydrogens (tertiary/aromatic N) is 3. The largest absolute Gasteiger partial charge is 0.496 e. The Hall–Kier alpha value is -1.32. The first kappa shape index (κ1) is 23.7. The number of guanidine groups is 1. The van der Waals surface area contributed by atoms with Crippen molar-refractivity contribution in [3.8, 4) is 5.75 Å². The summed E-state index contributed by atoms with van der Waals surface area (Å²) in [7, 11) is 9.80. The molecule has 1 heterocycles. The van der Waals surface area contributed by atoms with E-state index in [0.717, 1.165) is 31.2 Å². The molecule has 7 heteroatoms. The van der Waals surface area contributed by atoms with E-state index in [9.17, 15) is 0 Å². The van der Waals surface area contributed by atoms with Gasteiger partial charge in [-0.15, -0.1) is 35.3 Å². The summed E-state index contributed by atoms with van der Waals surface area (Å²) in [6.07, 6.45) is 1.03. The van der Waals surface area contributed by atoms with Crippen molar-refractivity contribution in [1.29, 1.82) is 0 Å². The SMILES string of the molecule is CN=C(NCC(c1ccccc1OC)N(C)C)N(C)CCc1cccs1.I. The Kier molecular flexibility index (Phi) is 10.7. The van der Waals surface area contributed by atoms with Crippen LogP contribution in [0.15, 0.2) is 46.8 Å². The van der Waals surface area contributed by atoms with Gasteiger partial charge in [0.2, 0.25) is 0 Å². The van der Waals surface area contributed by atoms with Gasteiger partial charge in [-0.3, -0.25) is 4.99 Å². The lowest BCUT2D eigenvalue weighted by atomic mass is 10.0. The molecule has 2 aromatic rings. The molecule has 150 valence electrons. The summed E-state index contributed by atoms with van der Waals surface area (Å²) in [5.41, 5.74) is 1.17. The smallest absolute Gasteiger partial charge is 0.193 e. The van der Waals surface area contributed by atoms with E-state index >= 15 is 0 Å². The van der Waals surface area contributed by atoms with Gasteiger partial charge in [0.25, 0.3) is 0 Å². The molecule has 0 spiro atoms. The summed E-state index contributed by atoms with van der Waals surface area (Å²) in [6.45, 7) is 1.69. The van der Waals surface area contributed by atoms with E-state index in [0.29, 0.717) is 0 Å². The maximum Gasteiger partial charge on any atom is 0.193 e. The molecule has 1 aromatic heterocycles. The van der Waals surface area contributed by atoms with Crippen molar-refractivity contribution in [1.82, 2.24) is 15.1 Å². The number of rotatable bonds is 8. The lowest BCUT2D eigenvalue weighted by molar-refractivity contribution is 0.285. The first-order valence-electron chi connectivity index (χ1n) is 8.80. The van der Waals surface area contributed by atoms with Gasteiger partial charge in [-0.05, 0) is 38.0 Å². The number of methoxy groups -OCH3 is 1. The number of aliphatic imine (C=N–C) groups is 1. The van der Waals surface area contributed by atoms with Crippen LogP contribution >= 0.6 is 35.3 Å². The quantitative estimate of drug-likeness (QED) is 0.340. The first-order valence-corrected chi connectivity index (χ1v) is 9.68. The first-order chi connectivity index (χ1) is 12.6. The van der Waals surface area contributed by atoms with Crippen LogP contribution in [0.2, 0.25) is 0 Å². The average molecular weight is 502 g/mol. The number of hydrogen-bond acceptors (Lipinski definition) is 4. The van der Waals surface area contributed by atoms with Crippen LogP contribution in [-0.2, 0) is 6.42 Å². The van der Waals surface area contributed by atoms with Crippen LogP contribution in [-0.4, -0.2) is 64.1 Å². The van der Waals surface area contributed by atoms with Gasteiger partial charge in [0.05, 0.1) is 13.2 Å². The van der Waals surface area contributed by atoms with Gasteiger partial charge < -0.3 is 19.9 Å². The molecule has 1 unspecified atom stereocenters. The highest BCUT2D eigenvalue weighted by Gasteiger charge is 2.19. The molecule has 0 saturated heterocycles. The molecule has 0 aliphatic carbocycles. The van der Waals surface area contributed by atoms with E-state index < -0.39 is 0 Å². The monoisotopic (exact) mass is 502 g/mol. The molecular formula is C20H31IN4OS. The number of thiophene rings is 1. The second-order valence-electron chi connectivity index (χ2n) is 6.40. The summed E-state index contributed by atoms with van der Waals surface area (Å²) in [5.74, 6) is 1.82. The summed E-state index contributed by atoms with van der Waals surface area (Å²) < 4.78 is 5.54. The molecule has 0 amide bonds. The molecule has 0 saturated carbocycles. The summed E-state index contributed by atoms with van der Waals surface area (Å²) >= 11 is 1.80. The molecule has 2 rings (SSSR count). The predicted octanol–water partition coefficient (Wildman–Crippen LogP) is 3.73. The highest BCUT2D eigenvalue weighted by Crippen LogP contribution is 2.27. The number of nitrogens with one attached hydrogen (secondary N) is 1. The van der Waals surface area contributed by atoms with Crippen molar-refractivity contribution >= 4 is 41.3 Å². The lowest BCUT2D eigenvalue weighted by Gasteiger charge is -2.29. The Balaban J connectivity index is 0.00000364. The topological polar surface area (TPSA) is 40.1 Å². The third-order valence-corrected chi connectivity index (χ3v) is 5.36. The molecule has 0 aliphatic heterocycles. The Bertz CT molecular complexity index is 691. The van der Waals surface area contributed by atoms with Crippen LogP contribution in [0.3, 0.4) is 0 Å². The highest BCUT2D eigenvalue weighted by molar-refractivity contribution is 14.0. The maximum atomic E-state index is 5.54. The third kappa shape index (κ3) is 6.97. The van der Waals surface area contributed by atoms with Gasteiger partial charge in [0.15, 0.2) is 5.96 Å². The second kappa shape index (κ2) is 12.2. The Morgan fingerprint density at radius 2 is 1.93 bits per heavy atom. The molecule has 0 fully saturated rings. The van der Waals surface area contributed by atoms with Gasteiger partial charge in [0, 0.05) is 37.6 Å².